The van der Waals surface area contributed by atoms with Gasteiger partial charge in [0, 0.05) is 32.0 Å². The van der Waals surface area contributed by atoms with E-state index in [0.717, 1.165) is 12.1 Å². The van der Waals surface area contributed by atoms with Gasteiger partial charge < -0.3 is 15.0 Å². The molecule has 0 aromatic heterocycles. The standard InChI is InChI=1S/C24H27N3O5/c1-5-6-13-27-22(29)19-12-7-16(14-20(19)23(27)30)24(31)32-15(2)21(28)25-17-8-10-18(11-9-17)26(3)4/h7-12,14-15H,5-6,13H2,1-4H3,(H,25,28)/t15-/m1/s1. The van der Waals surface area contributed by atoms with Gasteiger partial charge in [0.2, 0.25) is 0 Å². The summed E-state index contributed by atoms with van der Waals surface area (Å²) in [4.78, 5) is 53.1. The van der Waals surface area contributed by atoms with Crippen LogP contribution in [0.5, 0.6) is 0 Å². The van der Waals surface area contributed by atoms with Gasteiger partial charge in [-0.05, 0) is 55.8 Å². The van der Waals surface area contributed by atoms with Gasteiger partial charge in [-0.2, -0.15) is 0 Å². The number of fused-ring (bicyclic) bond motifs is 1. The lowest BCUT2D eigenvalue weighted by atomic mass is 10.1. The summed E-state index contributed by atoms with van der Waals surface area (Å²) in [6.07, 6.45) is 0.512. The smallest absolute Gasteiger partial charge is 0.338 e. The summed E-state index contributed by atoms with van der Waals surface area (Å²) >= 11 is 0. The van der Waals surface area contributed by atoms with Crippen LogP contribution >= 0.6 is 0 Å². The molecule has 0 radical (unpaired) electrons. The number of nitrogens with one attached hydrogen (secondary N) is 1. The van der Waals surface area contributed by atoms with E-state index in [1.807, 2.05) is 38.1 Å². The van der Waals surface area contributed by atoms with Gasteiger partial charge >= 0.3 is 5.97 Å². The first-order valence-electron chi connectivity index (χ1n) is 10.5. The van der Waals surface area contributed by atoms with Gasteiger partial charge in [-0.3, -0.25) is 19.3 Å². The molecule has 2 aromatic rings. The highest BCUT2D eigenvalue weighted by Crippen LogP contribution is 2.25. The molecule has 168 valence electrons. The molecule has 0 fully saturated rings. The molecule has 1 aliphatic rings. The van der Waals surface area contributed by atoms with Crippen LogP contribution in [0.1, 0.15) is 57.8 Å². The van der Waals surface area contributed by atoms with Crippen LogP contribution in [-0.2, 0) is 9.53 Å². The number of carbonyl (C=O) groups is 4. The van der Waals surface area contributed by atoms with E-state index in [1.165, 1.54) is 30.0 Å². The fourth-order valence-corrected chi connectivity index (χ4v) is 3.31. The molecule has 1 atom stereocenters. The number of imide groups is 1. The number of amides is 3. The van der Waals surface area contributed by atoms with Crippen molar-refractivity contribution >= 4 is 35.1 Å². The highest BCUT2D eigenvalue weighted by molar-refractivity contribution is 6.22. The third-order valence-electron chi connectivity index (χ3n) is 5.25. The molecular formula is C24H27N3O5. The Kier molecular flexibility index (Phi) is 6.92. The Morgan fingerprint density at radius 1 is 1.03 bits per heavy atom. The summed E-state index contributed by atoms with van der Waals surface area (Å²) in [5, 5.41) is 2.70. The number of nitrogens with zero attached hydrogens (tertiary/aromatic N) is 2. The van der Waals surface area contributed by atoms with Crippen LogP contribution in [0.4, 0.5) is 11.4 Å². The van der Waals surface area contributed by atoms with E-state index in [0.29, 0.717) is 18.7 Å². The summed E-state index contributed by atoms with van der Waals surface area (Å²) in [5.74, 6) is -1.99. The normalized spacial score (nSPS) is 13.6. The predicted molar refractivity (Wildman–Crippen MR) is 121 cm³/mol. The lowest BCUT2D eigenvalue weighted by Gasteiger charge is -2.15. The maximum atomic E-state index is 12.6. The number of hydrogen-bond acceptors (Lipinski definition) is 6. The van der Waals surface area contributed by atoms with E-state index >= 15 is 0 Å². The fraction of sp³-hybridized carbons (Fsp3) is 0.333. The number of benzene rings is 2. The van der Waals surface area contributed by atoms with Crippen molar-refractivity contribution in [3.63, 3.8) is 0 Å². The molecule has 0 aliphatic carbocycles. The zero-order valence-corrected chi connectivity index (χ0v) is 18.7. The first-order chi connectivity index (χ1) is 15.2. The zero-order chi connectivity index (χ0) is 23.4. The quantitative estimate of drug-likeness (QED) is 0.503. The second kappa shape index (κ2) is 9.64. The third kappa shape index (κ3) is 4.80. The molecule has 2 aromatic carbocycles. The monoisotopic (exact) mass is 437 g/mol. The molecule has 8 nitrogen and oxygen atoms in total. The Morgan fingerprint density at radius 3 is 2.31 bits per heavy atom. The summed E-state index contributed by atoms with van der Waals surface area (Å²) in [7, 11) is 3.83. The molecule has 1 aliphatic heterocycles. The van der Waals surface area contributed by atoms with Crippen molar-refractivity contribution in [3.8, 4) is 0 Å². The molecule has 3 rings (SSSR count). The van der Waals surface area contributed by atoms with Crippen LogP contribution in [0.25, 0.3) is 0 Å². The predicted octanol–water partition coefficient (Wildman–Crippen LogP) is 3.33. The SMILES string of the molecule is CCCCN1C(=O)c2ccc(C(=O)O[C@H](C)C(=O)Nc3ccc(N(C)C)cc3)cc2C1=O. The minimum Gasteiger partial charge on any atom is -0.449 e. The average molecular weight is 437 g/mol. The largest absolute Gasteiger partial charge is 0.449 e. The molecule has 1 N–H and O–H groups in total. The third-order valence-corrected chi connectivity index (χ3v) is 5.25. The summed E-state index contributed by atoms with van der Waals surface area (Å²) in [5.41, 5.74) is 2.13. The summed E-state index contributed by atoms with van der Waals surface area (Å²) in [6, 6.07) is 11.5. The van der Waals surface area contributed by atoms with Gasteiger partial charge in [-0.15, -0.1) is 0 Å². The van der Waals surface area contributed by atoms with Crippen molar-refractivity contribution in [1.29, 1.82) is 0 Å². The minimum absolute atomic E-state index is 0.109. The Hall–Kier alpha value is -3.68. The molecule has 32 heavy (non-hydrogen) atoms. The number of hydrogen-bond donors (Lipinski definition) is 1. The summed E-state index contributed by atoms with van der Waals surface area (Å²) in [6.45, 7) is 3.79. The van der Waals surface area contributed by atoms with Gasteiger partial charge in [0.25, 0.3) is 17.7 Å². The molecule has 0 saturated carbocycles. The van der Waals surface area contributed by atoms with E-state index in [-0.39, 0.29) is 22.6 Å². The lowest BCUT2D eigenvalue weighted by molar-refractivity contribution is -0.123. The number of esters is 1. The van der Waals surface area contributed by atoms with Gasteiger partial charge in [-0.25, -0.2) is 4.79 Å². The highest BCUT2D eigenvalue weighted by atomic mass is 16.5. The van der Waals surface area contributed by atoms with Gasteiger partial charge in [0.05, 0.1) is 16.7 Å². The Morgan fingerprint density at radius 2 is 1.69 bits per heavy atom. The molecule has 3 amide bonds. The number of unbranched alkanes of at least 4 members (excludes halogenated alkanes) is 1. The maximum Gasteiger partial charge on any atom is 0.338 e. The van der Waals surface area contributed by atoms with Gasteiger partial charge in [0.15, 0.2) is 6.10 Å². The summed E-state index contributed by atoms with van der Waals surface area (Å²) < 4.78 is 5.28. The van der Waals surface area contributed by atoms with Crippen LogP contribution in [0, 0.1) is 0 Å². The lowest BCUT2D eigenvalue weighted by Crippen LogP contribution is -2.30. The van der Waals surface area contributed by atoms with Crippen molar-refractivity contribution in [1.82, 2.24) is 4.90 Å². The number of anilines is 2. The molecule has 1 heterocycles. The second-order valence-electron chi connectivity index (χ2n) is 7.85. The van der Waals surface area contributed by atoms with Gasteiger partial charge in [-0.1, -0.05) is 13.3 Å². The van der Waals surface area contributed by atoms with E-state index in [1.54, 1.807) is 12.1 Å². The Bertz CT molecular complexity index is 1050. The first kappa shape index (κ1) is 23.0. The average Bonchev–Trinajstić information content (AvgIpc) is 3.01. The Balaban J connectivity index is 1.65. The van der Waals surface area contributed by atoms with Crippen LogP contribution in [0.15, 0.2) is 42.5 Å². The number of rotatable bonds is 8. The maximum absolute atomic E-state index is 12.6. The van der Waals surface area contributed by atoms with E-state index in [2.05, 4.69) is 5.32 Å². The van der Waals surface area contributed by atoms with Gasteiger partial charge in [0.1, 0.15) is 0 Å². The molecular weight excluding hydrogens is 410 g/mol. The Labute approximate surface area is 187 Å². The topological polar surface area (TPSA) is 96.0 Å². The van der Waals surface area contributed by atoms with E-state index in [9.17, 15) is 19.2 Å². The molecule has 0 bridgehead atoms. The second-order valence-corrected chi connectivity index (χ2v) is 7.85. The van der Waals surface area contributed by atoms with Crippen molar-refractivity contribution in [2.75, 3.05) is 30.9 Å². The van der Waals surface area contributed by atoms with Crippen molar-refractivity contribution in [2.24, 2.45) is 0 Å². The molecule has 8 heteroatoms. The zero-order valence-electron chi connectivity index (χ0n) is 18.7. The van der Waals surface area contributed by atoms with Crippen LogP contribution in [0.3, 0.4) is 0 Å². The fourth-order valence-electron chi connectivity index (χ4n) is 3.31. The van der Waals surface area contributed by atoms with Crippen molar-refractivity contribution in [3.05, 3.63) is 59.2 Å². The van der Waals surface area contributed by atoms with Crippen LogP contribution in [-0.4, -0.2) is 55.3 Å². The molecule has 0 saturated heterocycles. The van der Waals surface area contributed by atoms with Crippen molar-refractivity contribution < 1.29 is 23.9 Å². The highest BCUT2D eigenvalue weighted by Gasteiger charge is 2.35. The number of ether oxygens (including phenoxy) is 1. The van der Waals surface area contributed by atoms with E-state index < -0.39 is 23.9 Å². The molecule has 0 spiro atoms. The van der Waals surface area contributed by atoms with E-state index in [4.69, 9.17) is 4.74 Å². The van der Waals surface area contributed by atoms with Crippen LogP contribution in [0.2, 0.25) is 0 Å². The first-order valence-corrected chi connectivity index (χ1v) is 10.5. The van der Waals surface area contributed by atoms with Crippen molar-refractivity contribution in [2.45, 2.75) is 32.8 Å². The molecule has 0 unspecified atom stereocenters. The number of carbonyl (C=O) groups excluding carboxylic acids is 4. The van der Waals surface area contributed by atoms with Crippen LogP contribution < -0.4 is 10.2 Å². The minimum atomic E-state index is -1.05.